The van der Waals surface area contributed by atoms with E-state index in [0.717, 1.165) is 28.5 Å². The second-order valence-electron chi connectivity index (χ2n) is 10.2. The van der Waals surface area contributed by atoms with Crippen molar-refractivity contribution >= 4 is 10.8 Å². The van der Waals surface area contributed by atoms with Crippen LogP contribution in [-0.4, -0.2) is 6.36 Å². The molecule has 0 N–H and O–H groups in total. The molecule has 2 saturated carbocycles. The zero-order chi connectivity index (χ0) is 22.6. The third-order valence-electron chi connectivity index (χ3n) is 7.98. The molecule has 0 aromatic heterocycles. The number of unbranched alkanes of at least 4 members (excludes halogenated alkanes) is 4. The maximum Gasteiger partial charge on any atom is 0.573 e. The summed E-state index contributed by atoms with van der Waals surface area (Å²) in [5.74, 6) is 3.13. The summed E-state index contributed by atoms with van der Waals surface area (Å²) in [6.45, 7) is 2.28. The van der Waals surface area contributed by atoms with E-state index in [9.17, 15) is 13.2 Å². The van der Waals surface area contributed by atoms with E-state index in [4.69, 9.17) is 0 Å². The average Bonchev–Trinajstić information content (AvgIpc) is 2.77. The molecule has 0 aliphatic heterocycles. The molecule has 0 radical (unpaired) electrons. The monoisotopic (exact) mass is 446 g/mol. The van der Waals surface area contributed by atoms with E-state index in [0.29, 0.717) is 5.92 Å². The summed E-state index contributed by atoms with van der Waals surface area (Å²) in [7, 11) is 0. The number of halogens is 3. The van der Waals surface area contributed by atoms with Crippen LogP contribution in [0.2, 0.25) is 0 Å². The van der Waals surface area contributed by atoms with E-state index >= 15 is 0 Å². The largest absolute Gasteiger partial charge is 0.573 e. The van der Waals surface area contributed by atoms with Gasteiger partial charge in [-0.2, -0.15) is 0 Å². The van der Waals surface area contributed by atoms with Crippen molar-refractivity contribution in [1.82, 2.24) is 0 Å². The molecule has 0 amide bonds. The van der Waals surface area contributed by atoms with Crippen LogP contribution in [-0.2, 0) is 0 Å². The summed E-state index contributed by atoms with van der Waals surface area (Å²) in [4.78, 5) is 0. The lowest BCUT2D eigenvalue weighted by Gasteiger charge is -2.42. The summed E-state index contributed by atoms with van der Waals surface area (Å²) in [6, 6.07) is 10.9. The number of fused-ring (bicyclic) bond motifs is 2. The van der Waals surface area contributed by atoms with Crippen LogP contribution in [0.5, 0.6) is 5.75 Å². The first-order valence-electron chi connectivity index (χ1n) is 12.7. The highest BCUT2D eigenvalue weighted by Gasteiger charge is 2.36. The third kappa shape index (κ3) is 6.20. The molecule has 32 heavy (non-hydrogen) atoms. The minimum absolute atomic E-state index is 0.152. The minimum atomic E-state index is -4.65. The molecule has 176 valence electrons. The topological polar surface area (TPSA) is 9.23 Å². The quantitative estimate of drug-likeness (QED) is 0.367. The Morgan fingerprint density at radius 2 is 1.53 bits per heavy atom. The summed E-state index contributed by atoms with van der Waals surface area (Å²) >= 11 is 0. The Labute approximate surface area is 190 Å². The second-order valence-corrected chi connectivity index (χ2v) is 10.2. The summed E-state index contributed by atoms with van der Waals surface area (Å²) < 4.78 is 41.5. The molecule has 4 rings (SSSR count). The lowest BCUT2D eigenvalue weighted by molar-refractivity contribution is -0.274. The van der Waals surface area contributed by atoms with Crippen LogP contribution < -0.4 is 4.74 Å². The van der Waals surface area contributed by atoms with Crippen LogP contribution >= 0.6 is 0 Å². The number of benzene rings is 2. The molecule has 2 aliphatic carbocycles. The van der Waals surface area contributed by atoms with E-state index in [-0.39, 0.29) is 5.75 Å². The Balaban J connectivity index is 1.32. The van der Waals surface area contributed by atoms with Crippen molar-refractivity contribution in [1.29, 1.82) is 0 Å². The second kappa shape index (κ2) is 10.5. The van der Waals surface area contributed by atoms with Crippen molar-refractivity contribution in [2.24, 2.45) is 17.8 Å². The summed E-state index contributed by atoms with van der Waals surface area (Å²) in [6.07, 6.45) is 11.8. The molecule has 4 atom stereocenters. The van der Waals surface area contributed by atoms with Crippen molar-refractivity contribution in [3.8, 4) is 5.75 Å². The highest BCUT2D eigenvalue weighted by atomic mass is 19.4. The van der Waals surface area contributed by atoms with Gasteiger partial charge in [0.2, 0.25) is 0 Å². The Bertz CT molecular complexity index is 875. The minimum Gasteiger partial charge on any atom is -0.406 e. The number of hydrogen-bond acceptors (Lipinski definition) is 1. The van der Waals surface area contributed by atoms with Gasteiger partial charge in [0.15, 0.2) is 0 Å². The van der Waals surface area contributed by atoms with Gasteiger partial charge in [0.05, 0.1) is 0 Å². The number of hydrogen-bond donors (Lipinski definition) is 0. The van der Waals surface area contributed by atoms with E-state index in [1.165, 1.54) is 94.7 Å². The first-order valence-corrected chi connectivity index (χ1v) is 12.7. The molecule has 1 nitrogen and oxygen atoms in total. The highest BCUT2D eigenvalue weighted by molar-refractivity contribution is 5.84. The smallest absolute Gasteiger partial charge is 0.406 e. The summed E-state index contributed by atoms with van der Waals surface area (Å²) in [5, 5.41) is 1.79. The lowest BCUT2D eigenvalue weighted by Crippen LogP contribution is -2.30. The number of rotatable bonds is 8. The average molecular weight is 447 g/mol. The molecule has 4 unspecified atom stereocenters. The molecule has 2 fully saturated rings. The molecule has 4 heteroatoms. The Kier molecular flexibility index (Phi) is 7.68. The van der Waals surface area contributed by atoms with Crippen LogP contribution in [0.1, 0.15) is 95.5 Å². The van der Waals surface area contributed by atoms with Crippen molar-refractivity contribution in [3.63, 3.8) is 0 Å². The van der Waals surface area contributed by atoms with Crippen LogP contribution in [0, 0.1) is 17.8 Å². The maximum absolute atomic E-state index is 12.5. The van der Waals surface area contributed by atoms with E-state index in [1.807, 2.05) is 6.07 Å². The van der Waals surface area contributed by atoms with Crippen molar-refractivity contribution in [3.05, 3.63) is 42.0 Å². The standard InChI is InChI=1S/C28H37F3O/c1-2-3-4-5-6-7-20-8-9-22-17-23(11-10-21(22)16-20)24-12-13-26-19-27(32-28(29,30)31)15-14-25(26)18-24/h12-15,18-23H,2-11,16-17H2,1H3. The van der Waals surface area contributed by atoms with E-state index in [2.05, 4.69) is 23.8 Å². The maximum atomic E-state index is 12.5. The molecular weight excluding hydrogens is 409 g/mol. The first kappa shape index (κ1) is 23.4. The fraction of sp³-hybridized carbons (Fsp3) is 0.643. The van der Waals surface area contributed by atoms with Crippen LogP contribution in [0.25, 0.3) is 10.8 Å². The lowest BCUT2D eigenvalue weighted by atomic mass is 9.63. The Hall–Kier alpha value is -1.71. The number of alkyl halides is 3. The fourth-order valence-corrected chi connectivity index (χ4v) is 6.28. The molecular formula is C28H37F3O. The van der Waals surface area contributed by atoms with Gasteiger partial charge in [-0.3, -0.25) is 0 Å². The van der Waals surface area contributed by atoms with Gasteiger partial charge in [0.1, 0.15) is 5.75 Å². The molecule has 0 spiro atoms. The van der Waals surface area contributed by atoms with Crippen LogP contribution in [0.4, 0.5) is 13.2 Å². The van der Waals surface area contributed by atoms with Gasteiger partial charge in [0, 0.05) is 0 Å². The normalized spacial score (nSPS) is 26.1. The van der Waals surface area contributed by atoms with Gasteiger partial charge < -0.3 is 4.74 Å². The van der Waals surface area contributed by atoms with E-state index in [1.54, 1.807) is 6.07 Å². The van der Waals surface area contributed by atoms with Gasteiger partial charge in [0.25, 0.3) is 0 Å². The molecule has 2 aliphatic rings. The van der Waals surface area contributed by atoms with Gasteiger partial charge in [-0.15, -0.1) is 13.2 Å². The molecule has 2 aromatic rings. The Morgan fingerprint density at radius 3 is 2.34 bits per heavy atom. The van der Waals surface area contributed by atoms with Crippen molar-refractivity contribution in [2.45, 2.75) is 96.3 Å². The molecule has 2 aromatic carbocycles. The predicted molar refractivity (Wildman–Crippen MR) is 125 cm³/mol. The third-order valence-corrected chi connectivity index (χ3v) is 7.98. The number of ether oxygens (including phenoxy) is 1. The van der Waals surface area contributed by atoms with Gasteiger partial charge in [-0.25, -0.2) is 0 Å². The molecule has 0 heterocycles. The van der Waals surface area contributed by atoms with Crippen molar-refractivity contribution < 1.29 is 17.9 Å². The molecule has 0 saturated heterocycles. The van der Waals surface area contributed by atoms with Gasteiger partial charge >= 0.3 is 6.36 Å². The zero-order valence-corrected chi connectivity index (χ0v) is 19.3. The zero-order valence-electron chi connectivity index (χ0n) is 19.3. The van der Waals surface area contributed by atoms with Crippen LogP contribution in [0.15, 0.2) is 36.4 Å². The van der Waals surface area contributed by atoms with E-state index < -0.39 is 6.36 Å². The Morgan fingerprint density at radius 1 is 0.812 bits per heavy atom. The van der Waals surface area contributed by atoms with Gasteiger partial charge in [-0.05, 0) is 84.2 Å². The van der Waals surface area contributed by atoms with Crippen molar-refractivity contribution in [2.75, 3.05) is 0 Å². The highest BCUT2D eigenvalue weighted by Crippen LogP contribution is 2.48. The predicted octanol–water partition coefficient (Wildman–Crippen LogP) is 9.40. The molecule has 0 bridgehead atoms. The SMILES string of the molecule is CCCCCCCC1CCC2CC(c3ccc4cc(OC(F)(F)F)ccc4c3)CCC2C1. The van der Waals surface area contributed by atoms with Crippen LogP contribution in [0.3, 0.4) is 0 Å². The summed E-state index contributed by atoms with van der Waals surface area (Å²) in [5.41, 5.74) is 1.35. The fourth-order valence-electron chi connectivity index (χ4n) is 6.28. The first-order chi connectivity index (χ1) is 15.4. The van der Waals surface area contributed by atoms with Gasteiger partial charge in [-0.1, -0.05) is 76.1 Å².